The number of rotatable bonds is 5. The number of benzene rings is 2. The quantitative estimate of drug-likeness (QED) is 0.882. The van der Waals surface area contributed by atoms with Gasteiger partial charge in [0, 0.05) is 16.1 Å². The summed E-state index contributed by atoms with van der Waals surface area (Å²) in [5.74, 6) is 0.909. The number of halogens is 1. The molecule has 0 aliphatic heterocycles. The number of hydrogen-bond acceptors (Lipinski definition) is 2. The molecule has 106 valence electrons. The third kappa shape index (κ3) is 3.62. The maximum Gasteiger partial charge on any atom is 0.124 e. The summed E-state index contributed by atoms with van der Waals surface area (Å²) in [5, 5.41) is 3.39. The third-order valence-electron chi connectivity index (χ3n) is 3.44. The molecule has 20 heavy (non-hydrogen) atoms. The first-order valence-corrected chi connectivity index (χ1v) is 7.49. The van der Waals surface area contributed by atoms with Crippen LogP contribution in [0.2, 0.25) is 0 Å². The lowest BCUT2D eigenvalue weighted by atomic mass is 9.97. The van der Waals surface area contributed by atoms with Crippen molar-refractivity contribution in [2.75, 3.05) is 14.2 Å². The summed E-state index contributed by atoms with van der Waals surface area (Å²) in [7, 11) is 3.70. The predicted molar refractivity (Wildman–Crippen MR) is 87.4 cm³/mol. The van der Waals surface area contributed by atoms with E-state index in [4.69, 9.17) is 4.74 Å². The minimum atomic E-state index is 0.236. The summed E-state index contributed by atoms with van der Waals surface area (Å²) < 4.78 is 6.53. The van der Waals surface area contributed by atoms with Gasteiger partial charge in [-0.1, -0.05) is 51.8 Å². The van der Waals surface area contributed by atoms with Crippen LogP contribution in [0.4, 0.5) is 0 Å². The van der Waals surface area contributed by atoms with E-state index >= 15 is 0 Å². The SMILES string of the molecule is CNC(Cc1cccc(C)c1)c1ccc(Br)cc1OC. The Bertz CT molecular complexity index is 583. The second-order valence-corrected chi connectivity index (χ2v) is 5.84. The van der Waals surface area contributed by atoms with E-state index in [-0.39, 0.29) is 6.04 Å². The van der Waals surface area contributed by atoms with Crippen LogP contribution in [0.5, 0.6) is 5.75 Å². The van der Waals surface area contributed by atoms with E-state index in [1.165, 1.54) is 16.7 Å². The zero-order valence-electron chi connectivity index (χ0n) is 12.1. The highest BCUT2D eigenvalue weighted by atomic mass is 79.9. The number of methoxy groups -OCH3 is 1. The molecule has 1 atom stereocenters. The molecule has 2 rings (SSSR count). The van der Waals surface area contributed by atoms with E-state index in [0.29, 0.717) is 0 Å². The first-order chi connectivity index (χ1) is 9.63. The van der Waals surface area contributed by atoms with Crippen molar-refractivity contribution in [3.63, 3.8) is 0 Å². The van der Waals surface area contributed by atoms with Gasteiger partial charge in [-0.2, -0.15) is 0 Å². The topological polar surface area (TPSA) is 21.3 Å². The van der Waals surface area contributed by atoms with Gasteiger partial charge in [0.25, 0.3) is 0 Å². The van der Waals surface area contributed by atoms with Crippen molar-refractivity contribution in [2.45, 2.75) is 19.4 Å². The van der Waals surface area contributed by atoms with E-state index in [1.54, 1.807) is 7.11 Å². The Balaban J connectivity index is 2.28. The second kappa shape index (κ2) is 6.91. The molecule has 2 aromatic carbocycles. The Labute approximate surface area is 129 Å². The van der Waals surface area contributed by atoms with Crippen LogP contribution in [-0.4, -0.2) is 14.2 Å². The van der Waals surface area contributed by atoms with Crippen LogP contribution in [0.15, 0.2) is 46.9 Å². The van der Waals surface area contributed by atoms with Gasteiger partial charge in [-0.05, 0) is 38.1 Å². The molecule has 3 heteroatoms. The maximum atomic E-state index is 5.50. The van der Waals surface area contributed by atoms with Gasteiger partial charge in [0.1, 0.15) is 5.75 Å². The molecule has 1 N–H and O–H groups in total. The van der Waals surface area contributed by atoms with Crippen molar-refractivity contribution >= 4 is 15.9 Å². The maximum absolute atomic E-state index is 5.50. The summed E-state index contributed by atoms with van der Waals surface area (Å²) in [6.07, 6.45) is 0.941. The summed E-state index contributed by atoms with van der Waals surface area (Å²) in [4.78, 5) is 0. The molecule has 2 aromatic rings. The molecule has 0 fully saturated rings. The molecule has 0 aliphatic carbocycles. The first kappa shape index (κ1) is 15.1. The van der Waals surface area contributed by atoms with Gasteiger partial charge in [-0.25, -0.2) is 0 Å². The zero-order chi connectivity index (χ0) is 14.5. The molecular formula is C17H20BrNO. The average molecular weight is 334 g/mol. The number of aryl methyl sites for hydroxylation is 1. The Kier molecular flexibility index (Phi) is 5.21. The lowest BCUT2D eigenvalue weighted by Crippen LogP contribution is -2.19. The summed E-state index contributed by atoms with van der Waals surface area (Å²) >= 11 is 3.48. The molecule has 0 aliphatic rings. The smallest absolute Gasteiger partial charge is 0.124 e. The van der Waals surface area contributed by atoms with Crippen LogP contribution in [0, 0.1) is 6.92 Å². The number of ether oxygens (including phenoxy) is 1. The van der Waals surface area contributed by atoms with Gasteiger partial charge >= 0.3 is 0 Å². The minimum Gasteiger partial charge on any atom is -0.496 e. The second-order valence-electron chi connectivity index (χ2n) is 4.92. The van der Waals surface area contributed by atoms with Crippen molar-refractivity contribution in [3.8, 4) is 5.75 Å². The van der Waals surface area contributed by atoms with Crippen molar-refractivity contribution < 1.29 is 4.74 Å². The molecule has 0 bridgehead atoms. The zero-order valence-corrected chi connectivity index (χ0v) is 13.7. The molecule has 0 radical (unpaired) electrons. The van der Waals surface area contributed by atoms with Crippen LogP contribution in [0.25, 0.3) is 0 Å². The average Bonchev–Trinajstić information content (AvgIpc) is 2.45. The lowest BCUT2D eigenvalue weighted by Gasteiger charge is -2.20. The van der Waals surface area contributed by atoms with Gasteiger partial charge < -0.3 is 10.1 Å². The molecule has 0 heterocycles. The fraction of sp³-hybridized carbons (Fsp3) is 0.294. The monoisotopic (exact) mass is 333 g/mol. The predicted octanol–water partition coefficient (Wildman–Crippen LogP) is 4.27. The van der Waals surface area contributed by atoms with Crippen LogP contribution in [0.3, 0.4) is 0 Å². The molecule has 0 saturated carbocycles. The van der Waals surface area contributed by atoms with Crippen molar-refractivity contribution in [3.05, 3.63) is 63.6 Å². The molecule has 0 aromatic heterocycles. The number of nitrogens with one attached hydrogen (secondary N) is 1. The fourth-order valence-electron chi connectivity index (χ4n) is 2.42. The van der Waals surface area contributed by atoms with Crippen LogP contribution >= 0.6 is 15.9 Å². The first-order valence-electron chi connectivity index (χ1n) is 6.70. The highest BCUT2D eigenvalue weighted by Gasteiger charge is 2.15. The molecular weight excluding hydrogens is 314 g/mol. The Morgan fingerprint density at radius 1 is 1.20 bits per heavy atom. The highest BCUT2D eigenvalue weighted by Crippen LogP contribution is 2.30. The molecule has 2 nitrogen and oxygen atoms in total. The van der Waals surface area contributed by atoms with Gasteiger partial charge in [-0.15, -0.1) is 0 Å². The Morgan fingerprint density at radius 3 is 2.65 bits per heavy atom. The Morgan fingerprint density at radius 2 is 2.00 bits per heavy atom. The highest BCUT2D eigenvalue weighted by molar-refractivity contribution is 9.10. The standard InChI is InChI=1S/C17H20BrNO/c1-12-5-4-6-13(9-12)10-16(19-2)15-8-7-14(18)11-17(15)20-3/h4-9,11,16,19H,10H2,1-3H3. The van der Waals surface area contributed by atoms with Gasteiger partial charge in [0.05, 0.1) is 7.11 Å². The van der Waals surface area contributed by atoms with Crippen molar-refractivity contribution in [1.29, 1.82) is 0 Å². The number of likely N-dealkylation sites (N-methyl/N-ethyl adjacent to an activating group) is 1. The van der Waals surface area contributed by atoms with Crippen molar-refractivity contribution in [2.24, 2.45) is 0 Å². The van der Waals surface area contributed by atoms with Crippen LogP contribution in [-0.2, 0) is 6.42 Å². The summed E-state index contributed by atoms with van der Waals surface area (Å²) in [6, 6.07) is 15.0. The van der Waals surface area contributed by atoms with E-state index < -0.39 is 0 Å². The van der Waals surface area contributed by atoms with Gasteiger partial charge in [-0.3, -0.25) is 0 Å². The third-order valence-corrected chi connectivity index (χ3v) is 3.93. The lowest BCUT2D eigenvalue weighted by molar-refractivity contribution is 0.401. The van der Waals surface area contributed by atoms with Crippen LogP contribution in [0.1, 0.15) is 22.7 Å². The van der Waals surface area contributed by atoms with Gasteiger partial charge in [0.2, 0.25) is 0 Å². The van der Waals surface area contributed by atoms with E-state index in [0.717, 1.165) is 16.6 Å². The summed E-state index contributed by atoms with van der Waals surface area (Å²) in [6.45, 7) is 2.12. The largest absolute Gasteiger partial charge is 0.496 e. The molecule has 1 unspecified atom stereocenters. The van der Waals surface area contributed by atoms with Gasteiger partial charge in [0.15, 0.2) is 0 Å². The fourth-order valence-corrected chi connectivity index (χ4v) is 2.76. The van der Waals surface area contributed by atoms with E-state index in [1.807, 2.05) is 13.1 Å². The van der Waals surface area contributed by atoms with E-state index in [2.05, 4.69) is 64.6 Å². The van der Waals surface area contributed by atoms with Crippen molar-refractivity contribution in [1.82, 2.24) is 5.32 Å². The normalized spacial score (nSPS) is 12.2. The van der Waals surface area contributed by atoms with E-state index in [9.17, 15) is 0 Å². The minimum absolute atomic E-state index is 0.236. The van der Waals surface area contributed by atoms with Crippen LogP contribution < -0.4 is 10.1 Å². The molecule has 0 saturated heterocycles. The summed E-state index contributed by atoms with van der Waals surface area (Å²) in [5.41, 5.74) is 3.80. The molecule has 0 amide bonds. The molecule has 0 spiro atoms. The Hall–Kier alpha value is -1.32. The number of hydrogen-bond donors (Lipinski definition) is 1.